The number of nitrogens with zero attached hydrogens (tertiary/aromatic N) is 3. The van der Waals surface area contributed by atoms with Crippen molar-refractivity contribution < 1.29 is 9.53 Å². The number of thioether (sulfide) groups is 1. The summed E-state index contributed by atoms with van der Waals surface area (Å²) in [5.74, 6) is 0.444. The minimum absolute atomic E-state index is 0.185. The lowest BCUT2D eigenvalue weighted by atomic mass is 10.5. The van der Waals surface area contributed by atoms with Crippen molar-refractivity contribution in [1.82, 2.24) is 19.9 Å². The summed E-state index contributed by atoms with van der Waals surface area (Å²) in [5, 5.41) is 0.803. The number of hydrogen-bond acceptors (Lipinski definition) is 6. The highest BCUT2D eigenvalue weighted by atomic mass is 32.2. The molecule has 0 aliphatic carbocycles. The van der Waals surface area contributed by atoms with Crippen molar-refractivity contribution in [2.45, 2.75) is 18.4 Å². The molecular formula is C10H12N4O2S. The number of carbonyl (C=O) groups excluding carboxylic acids is 1. The van der Waals surface area contributed by atoms with Crippen LogP contribution in [0.5, 0.6) is 0 Å². The van der Waals surface area contributed by atoms with Gasteiger partial charge in [0.05, 0.1) is 19.4 Å². The second-order valence-electron chi connectivity index (χ2n) is 3.18. The molecular weight excluding hydrogens is 240 g/mol. The van der Waals surface area contributed by atoms with E-state index >= 15 is 0 Å². The standard InChI is InChI=1S/C10H12N4O2S/c1-2-16-7(15)3-4-17-10-8-9(12-5-11-8)13-6-14-10/h5-6H,2-4H2,1H3,(H,11,12,13,14). The lowest BCUT2D eigenvalue weighted by Gasteiger charge is -2.02. The number of imidazole rings is 1. The average molecular weight is 252 g/mol. The summed E-state index contributed by atoms with van der Waals surface area (Å²) >= 11 is 1.49. The van der Waals surface area contributed by atoms with Gasteiger partial charge in [-0.15, -0.1) is 11.8 Å². The van der Waals surface area contributed by atoms with E-state index in [9.17, 15) is 4.79 Å². The molecule has 0 saturated carbocycles. The largest absolute Gasteiger partial charge is 0.466 e. The first-order valence-corrected chi connectivity index (χ1v) is 6.22. The van der Waals surface area contributed by atoms with Gasteiger partial charge in [-0.05, 0) is 6.92 Å². The Bertz CT molecular complexity index is 514. The van der Waals surface area contributed by atoms with Crippen LogP contribution >= 0.6 is 11.8 Å². The smallest absolute Gasteiger partial charge is 0.306 e. The number of aromatic nitrogens is 4. The first-order chi connectivity index (χ1) is 8.31. The Hall–Kier alpha value is -1.63. The highest BCUT2D eigenvalue weighted by Crippen LogP contribution is 2.22. The van der Waals surface area contributed by atoms with E-state index in [-0.39, 0.29) is 5.97 Å². The van der Waals surface area contributed by atoms with Gasteiger partial charge in [-0.1, -0.05) is 0 Å². The number of hydrogen-bond donors (Lipinski definition) is 1. The third-order valence-electron chi connectivity index (χ3n) is 2.04. The molecule has 6 nitrogen and oxygen atoms in total. The fourth-order valence-electron chi connectivity index (χ4n) is 1.32. The number of H-pyrrole nitrogens is 1. The minimum Gasteiger partial charge on any atom is -0.466 e. The number of carbonyl (C=O) groups is 1. The second-order valence-corrected chi connectivity index (χ2v) is 4.27. The maximum Gasteiger partial charge on any atom is 0.306 e. The van der Waals surface area contributed by atoms with E-state index in [0.717, 1.165) is 10.5 Å². The van der Waals surface area contributed by atoms with Crippen LogP contribution in [0.2, 0.25) is 0 Å². The molecule has 0 bridgehead atoms. The van der Waals surface area contributed by atoms with E-state index in [0.29, 0.717) is 24.4 Å². The molecule has 0 radical (unpaired) electrons. The van der Waals surface area contributed by atoms with Crippen molar-refractivity contribution in [3.05, 3.63) is 12.7 Å². The van der Waals surface area contributed by atoms with Crippen molar-refractivity contribution in [2.24, 2.45) is 0 Å². The molecule has 0 atom stereocenters. The van der Waals surface area contributed by atoms with Crippen LogP contribution < -0.4 is 0 Å². The third-order valence-corrected chi connectivity index (χ3v) is 3.03. The van der Waals surface area contributed by atoms with Crippen molar-refractivity contribution >= 4 is 28.9 Å². The SMILES string of the molecule is CCOC(=O)CCSc1ncnc2nc[nH]c12. The van der Waals surface area contributed by atoms with Crippen LogP contribution in [0.3, 0.4) is 0 Å². The number of esters is 1. The van der Waals surface area contributed by atoms with Gasteiger partial charge in [0.2, 0.25) is 0 Å². The molecule has 7 heteroatoms. The Morgan fingerprint density at radius 3 is 3.18 bits per heavy atom. The molecule has 1 N–H and O–H groups in total. The zero-order chi connectivity index (χ0) is 12.1. The number of aromatic amines is 1. The highest BCUT2D eigenvalue weighted by Gasteiger charge is 2.08. The molecule has 0 amide bonds. The van der Waals surface area contributed by atoms with Crippen LogP contribution in [0.1, 0.15) is 13.3 Å². The molecule has 90 valence electrons. The van der Waals surface area contributed by atoms with Crippen molar-refractivity contribution in [3.8, 4) is 0 Å². The van der Waals surface area contributed by atoms with Crippen LogP contribution in [-0.2, 0) is 9.53 Å². The van der Waals surface area contributed by atoms with Crippen LogP contribution in [0.15, 0.2) is 17.7 Å². The van der Waals surface area contributed by atoms with Gasteiger partial charge in [-0.3, -0.25) is 4.79 Å². The summed E-state index contributed by atoms with van der Waals surface area (Å²) in [7, 11) is 0. The normalized spacial score (nSPS) is 10.6. The Balaban J connectivity index is 1.95. The molecule has 2 aromatic rings. The molecule has 0 unspecified atom stereocenters. The van der Waals surface area contributed by atoms with Crippen LogP contribution in [0.4, 0.5) is 0 Å². The molecule has 0 saturated heterocycles. The van der Waals surface area contributed by atoms with Crippen molar-refractivity contribution in [2.75, 3.05) is 12.4 Å². The molecule has 0 aliphatic rings. The second kappa shape index (κ2) is 5.62. The molecule has 0 fully saturated rings. The maximum absolute atomic E-state index is 11.2. The number of rotatable bonds is 5. The highest BCUT2D eigenvalue weighted by molar-refractivity contribution is 7.99. The molecule has 0 aliphatic heterocycles. The Morgan fingerprint density at radius 2 is 2.35 bits per heavy atom. The van der Waals surface area contributed by atoms with Gasteiger partial charge >= 0.3 is 5.97 Å². The van der Waals surface area contributed by atoms with E-state index in [1.54, 1.807) is 13.3 Å². The summed E-state index contributed by atoms with van der Waals surface area (Å²) in [5.41, 5.74) is 1.44. The van der Waals surface area contributed by atoms with Gasteiger partial charge in [0, 0.05) is 5.75 Å². The number of nitrogens with one attached hydrogen (secondary N) is 1. The third kappa shape index (κ3) is 2.94. The summed E-state index contributed by atoms with van der Waals surface area (Å²) in [6.07, 6.45) is 3.42. The van der Waals surface area contributed by atoms with Gasteiger partial charge in [0.1, 0.15) is 16.9 Å². The maximum atomic E-state index is 11.2. The zero-order valence-electron chi connectivity index (χ0n) is 9.34. The minimum atomic E-state index is -0.185. The average Bonchev–Trinajstić information content (AvgIpc) is 2.78. The van der Waals surface area contributed by atoms with Gasteiger partial charge in [0.15, 0.2) is 5.65 Å². The van der Waals surface area contributed by atoms with E-state index < -0.39 is 0 Å². The number of fused-ring (bicyclic) bond motifs is 1. The first kappa shape index (κ1) is 11.8. The first-order valence-electron chi connectivity index (χ1n) is 5.23. The fourth-order valence-corrected chi connectivity index (χ4v) is 2.19. The lowest BCUT2D eigenvalue weighted by Crippen LogP contribution is -2.04. The van der Waals surface area contributed by atoms with E-state index in [1.807, 2.05) is 0 Å². The fraction of sp³-hybridized carbons (Fsp3) is 0.400. The predicted molar refractivity (Wildman–Crippen MR) is 63.7 cm³/mol. The summed E-state index contributed by atoms with van der Waals surface area (Å²) in [4.78, 5) is 26.3. The zero-order valence-corrected chi connectivity index (χ0v) is 10.2. The molecule has 2 aromatic heterocycles. The van der Waals surface area contributed by atoms with Crippen LogP contribution in [0.25, 0.3) is 11.2 Å². The molecule has 2 heterocycles. The predicted octanol–water partition coefficient (Wildman–Crippen LogP) is 1.40. The van der Waals surface area contributed by atoms with E-state index in [1.165, 1.54) is 18.1 Å². The monoisotopic (exact) mass is 252 g/mol. The Morgan fingerprint density at radius 1 is 1.47 bits per heavy atom. The van der Waals surface area contributed by atoms with Gasteiger partial charge in [-0.25, -0.2) is 15.0 Å². The van der Waals surface area contributed by atoms with Crippen molar-refractivity contribution in [3.63, 3.8) is 0 Å². The van der Waals surface area contributed by atoms with Gasteiger partial charge in [0.25, 0.3) is 0 Å². The summed E-state index contributed by atoms with van der Waals surface area (Å²) in [6.45, 7) is 2.21. The van der Waals surface area contributed by atoms with E-state index in [4.69, 9.17) is 4.74 Å². The summed E-state index contributed by atoms with van der Waals surface area (Å²) in [6, 6.07) is 0. The quantitative estimate of drug-likeness (QED) is 0.492. The lowest BCUT2D eigenvalue weighted by molar-refractivity contribution is -0.142. The van der Waals surface area contributed by atoms with Gasteiger partial charge in [-0.2, -0.15) is 0 Å². The van der Waals surface area contributed by atoms with Gasteiger partial charge < -0.3 is 9.72 Å². The van der Waals surface area contributed by atoms with Crippen LogP contribution in [-0.4, -0.2) is 38.3 Å². The summed E-state index contributed by atoms with van der Waals surface area (Å²) < 4.78 is 4.85. The molecule has 2 rings (SSSR count). The molecule has 0 spiro atoms. The van der Waals surface area contributed by atoms with Crippen LogP contribution in [0, 0.1) is 0 Å². The topological polar surface area (TPSA) is 80.8 Å². The Labute approximate surface area is 102 Å². The number of ether oxygens (including phenoxy) is 1. The van der Waals surface area contributed by atoms with E-state index in [2.05, 4.69) is 19.9 Å². The van der Waals surface area contributed by atoms with Crippen molar-refractivity contribution in [1.29, 1.82) is 0 Å². The Kier molecular flexibility index (Phi) is 3.92. The molecule has 17 heavy (non-hydrogen) atoms. The molecule has 0 aromatic carbocycles.